The highest BCUT2D eigenvalue weighted by Crippen LogP contribution is 2.34. The molecule has 0 spiro atoms. The quantitative estimate of drug-likeness (QED) is 0.537. The van der Waals surface area contributed by atoms with Crippen LogP contribution in [0.4, 0.5) is 10.1 Å². The van der Waals surface area contributed by atoms with Crippen LogP contribution in [0.25, 0.3) is 11.1 Å². The third kappa shape index (κ3) is 4.30. The summed E-state index contributed by atoms with van der Waals surface area (Å²) in [6, 6.07) is 22.0. The van der Waals surface area contributed by atoms with Gasteiger partial charge in [-0.15, -0.1) is 0 Å². The van der Waals surface area contributed by atoms with Gasteiger partial charge in [0.05, 0.1) is 6.42 Å². The van der Waals surface area contributed by atoms with Gasteiger partial charge in [0.15, 0.2) is 0 Å². The first kappa shape index (κ1) is 20.0. The number of anilines is 1. The van der Waals surface area contributed by atoms with E-state index in [9.17, 15) is 14.3 Å². The Balaban J connectivity index is 1.51. The summed E-state index contributed by atoms with van der Waals surface area (Å²) in [5, 5.41) is 9.18. The molecular weight excluding hydrogens is 381 g/mol. The Morgan fingerprint density at radius 1 is 1.03 bits per heavy atom. The van der Waals surface area contributed by atoms with Crippen LogP contribution in [0.15, 0.2) is 72.8 Å². The van der Waals surface area contributed by atoms with Crippen molar-refractivity contribution in [2.75, 3.05) is 4.90 Å². The number of benzene rings is 3. The van der Waals surface area contributed by atoms with Gasteiger partial charge >= 0.3 is 5.97 Å². The van der Waals surface area contributed by atoms with Crippen LogP contribution in [0, 0.1) is 5.82 Å². The van der Waals surface area contributed by atoms with Crippen LogP contribution in [0.3, 0.4) is 0 Å². The molecule has 30 heavy (non-hydrogen) atoms. The lowest BCUT2D eigenvalue weighted by molar-refractivity contribution is -0.137. The van der Waals surface area contributed by atoms with Crippen molar-refractivity contribution in [2.45, 2.75) is 38.3 Å². The lowest BCUT2D eigenvalue weighted by Crippen LogP contribution is -2.35. The number of rotatable bonds is 6. The Morgan fingerprint density at radius 2 is 1.80 bits per heavy atom. The maximum Gasteiger partial charge on any atom is 0.305 e. The molecule has 4 rings (SSSR count). The van der Waals surface area contributed by atoms with E-state index < -0.39 is 5.97 Å². The number of carbonyl (C=O) groups is 1. The van der Waals surface area contributed by atoms with Crippen molar-refractivity contribution < 1.29 is 19.0 Å². The number of nitrogens with zero attached hydrogens (tertiary/aromatic N) is 1. The smallest absolute Gasteiger partial charge is 0.305 e. The zero-order valence-corrected chi connectivity index (χ0v) is 16.8. The number of ether oxygens (including phenoxy) is 1. The number of aliphatic carboxylic acids is 1. The largest absolute Gasteiger partial charge is 0.481 e. The van der Waals surface area contributed by atoms with Crippen LogP contribution >= 0.6 is 0 Å². The molecule has 0 radical (unpaired) electrons. The Hall–Kier alpha value is -3.34. The first-order valence-electron chi connectivity index (χ1n) is 10.1. The van der Waals surface area contributed by atoms with E-state index in [4.69, 9.17) is 4.74 Å². The van der Waals surface area contributed by atoms with E-state index in [1.165, 1.54) is 6.07 Å². The van der Waals surface area contributed by atoms with Crippen LogP contribution in [0.5, 0.6) is 11.5 Å². The Labute approximate surface area is 175 Å². The molecule has 0 saturated carbocycles. The Kier molecular flexibility index (Phi) is 5.70. The van der Waals surface area contributed by atoms with E-state index in [0.29, 0.717) is 23.1 Å². The topological polar surface area (TPSA) is 49.8 Å². The zero-order valence-electron chi connectivity index (χ0n) is 16.8. The van der Waals surface area contributed by atoms with Crippen molar-refractivity contribution in [1.82, 2.24) is 0 Å². The molecule has 1 N–H and O–H groups in total. The number of hydrogen-bond acceptors (Lipinski definition) is 3. The lowest BCUT2D eigenvalue weighted by atomic mass is 10.1. The molecule has 1 fully saturated rings. The second-order valence-corrected chi connectivity index (χ2v) is 7.69. The van der Waals surface area contributed by atoms with Crippen molar-refractivity contribution in [2.24, 2.45) is 0 Å². The number of hydrogen-bond donors (Lipinski definition) is 1. The second kappa shape index (κ2) is 8.57. The van der Waals surface area contributed by atoms with Crippen molar-refractivity contribution >= 4 is 11.7 Å². The summed E-state index contributed by atoms with van der Waals surface area (Å²) >= 11 is 0. The average Bonchev–Trinajstić information content (AvgIpc) is 3.08. The van der Waals surface area contributed by atoms with E-state index in [2.05, 4.69) is 11.8 Å². The molecule has 1 saturated heterocycles. The minimum absolute atomic E-state index is 0.0155. The highest BCUT2D eigenvalue weighted by atomic mass is 19.1. The van der Waals surface area contributed by atoms with Crippen molar-refractivity contribution in [3.05, 3.63) is 78.6 Å². The normalized spacial score (nSPS) is 18.4. The summed E-state index contributed by atoms with van der Waals surface area (Å²) in [4.78, 5) is 13.4. The second-order valence-electron chi connectivity index (χ2n) is 7.69. The van der Waals surface area contributed by atoms with Gasteiger partial charge in [-0.1, -0.05) is 30.3 Å². The summed E-state index contributed by atoms with van der Waals surface area (Å²) in [6.45, 7) is 2.13. The fraction of sp³-hybridized carbons (Fsp3) is 0.240. The van der Waals surface area contributed by atoms with Gasteiger partial charge < -0.3 is 14.7 Å². The third-order valence-corrected chi connectivity index (χ3v) is 5.59. The molecule has 0 aromatic heterocycles. The van der Waals surface area contributed by atoms with E-state index in [1.807, 2.05) is 54.6 Å². The van der Waals surface area contributed by atoms with Crippen molar-refractivity contribution in [3.8, 4) is 22.6 Å². The Bertz CT molecular complexity index is 1030. The molecule has 0 bridgehead atoms. The van der Waals surface area contributed by atoms with Crippen LogP contribution in [0.1, 0.15) is 26.2 Å². The van der Waals surface area contributed by atoms with Crippen LogP contribution < -0.4 is 9.64 Å². The van der Waals surface area contributed by atoms with E-state index >= 15 is 0 Å². The number of carboxylic acid groups (broad SMARTS) is 1. The first-order valence-corrected chi connectivity index (χ1v) is 10.1. The number of carboxylic acids is 1. The molecule has 5 heteroatoms. The minimum atomic E-state index is -0.770. The average molecular weight is 405 g/mol. The van der Waals surface area contributed by atoms with Crippen molar-refractivity contribution in [3.63, 3.8) is 0 Å². The standard InChI is InChI=1S/C25H24FNO3/c1-17-9-10-20(16-25(28)29)27(17)19-11-13-21(14-12-19)30-22-6-4-5-18(15-22)23-7-2-3-8-24(23)26/h2-8,11-15,17,20H,9-10,16H2,1H3,(H,28,29). The fourth-order valence-corrected chi connectivity index (χ4v) is 4.18. The molecular formula is C25H24FNO3. The minimum Gasteiger partial charge on any atom is -0.481 e. The Morgan fingerprint density at radius 3 is 2.53 bits per heavy atom. The van der Waals surface area contributed by atoms with Crippen LogP contribution in [-0.4, -0.2) is 23.2 Å². The van der Waals surface area contributed by atoms with Gasteiger partial charge in [0, 0.05) is 23.3 Å². The summed E-state index contributed by atoms with van der Waals surface area (Å²) in [7, 11) is 0. The van der Waals surface area contributed by atoms with Crippen LogP contribution in [-0.2, 0) is 4.79 Å². The van der Waals surface area contributed by atoms with Gasteiger partial charge in [0.1, 0.15) is 17.3 Å². The highest BCUT2D eigenvalue weighted by molar-refractivity contribution is 5.69. The van der Waals surface area contributed by atoms with Gasteiger partial charge in [-0.3, -0.25) is 4.79 Å². The molecule has 2 atom stereocenters. The molecule has 4 nitrogen and oxygen atoms in total. The van der Waals surface area contributed by atoms with E-state index in [-0.39, 0.29) is 18.3 Å². The summed E-state index contributed by atoms with van der Waals surface area (Å²) in [5.41, 5.74) is 2.29. The van der Waals surface area contributed by atoms with Gasteiger partial charge in [0.2, 0.25) is 0 Å². The SMILES string of the molecule is CC1CCC(CC(=O)O)N1c1ccc(Oc2cccc(-c3ccccc3F)c2)cc1. The van der Waals surface area contributed by atoms with Crippen molar-refractivity contribution in [1.29, 1.82) is 0 Å². The molecule has 0 aliphatic carbocycles. The molecule has 154 valence electrons. The molecule has 1 heterocycles. The maximum absolute atomic E-state index is 14.1. The van der Waals surface area contributed by atoms with E-state index in [1.54, 1.807) is 12.1 Å². The zero-order chi connectivity index (χ0) is 21.1. The lowest BCUT2D eigenvalue weighted by Gasteiger charge is -2.30. The summed E-state index contributed by atoms with van der Waals surface area (Å²) < 4.78 is 20.1. The maximum atomic E-state index is 14.1. The number of halogens is 1. The van der Waals surface area contributed by atoms with Crippen LogP contribution in [0.2, 0.25) is 0 Å². The van der Waals surface area contributed by atoms with Gasteiger partial charge in [-0.25, -0.2) is 4.39 Å². The summed E-state index contributed by atoms with van der Waals surface area (Å²) in [6.07, 6.45) is 2.01. The molecule has 1 aliphatic heterocycles. The summed E-state index contributed by atoms with van der Waals surface area (Å²) in [5.74, 6) is 0.260. The van der Waals surface area contributed by atoms with Gasteiger partial charge in [-0.2, -0.15) is 0 Å². The fourth-order valence-electron chi connectivity index (χ4n) is 4.18. The molecule has 2 unspecified atom stereocenters. The molecule has 3 aromatic rings. The van der Waals surface area contributed by atoms with E-state index in [0.717, 1.165) is 24.1 Å². The van der Waals surface area contributed by atoms with Gasteiger partial charge in [0.25, 0.3) is 0 Å². The first-order chi connectivity index (χ1) is 14.5. The molecule has 3 aromatic carbocycles. The molecule has 1 aliphatic rings. The molecule has 0 amide bonds. The van der Waals surface area contributed by atoms with Gasteiger partial charge in [-0.05, 0) is 67.8 Å². The monoisotopic (exact) mass is 405 g/mol. The highest BCUT2D eigenvalue weighted by Gasteiger charge is 2.32. The third-order valence-electron chi connectivity index (χ3n) is 5.59. The predicted molar refractivity (Wildman–Crippen MR) is 116 cm³/mol. The predicted octanol–water partition coefficient (Wildman–Crippen LogP) is 6.12.